The molecule has 0 amide bonds. The van der Waals surface area contributed by atoms with Crippen LogP contribution in [0, 0.1) is 0 Å². The van der Waals surface area contributed by atoms with Gasteiger partial charge in [-0.15, -0.1) is 0 Å². The molecule has 0 unspecified atom stereocenters. The number of methoxy groups -OCH3 is 1. The first kappa shape index (κ1) is 20.6. The van der Waals surface area contributed by atoms with E-state index in [9.17, 15) is 0 Å². The molecule has 0 aromatic heterocycles. The van der Waals surface area contributed by atoms with Crippen molar-refractivity contribution in [2.24, 2.45) is 0 Å². The zero-order valence-corrected chi connectivity index (χ0v) is 13.9. The molecule has 0 aromatic carbocycles. The summed E-state index contributed by atoms with van der Waals surface area (Å²) in [5.41, 5.74) is 1.14. The van der Waals surface area contributed by atoms with Crippen LogP contribution in [-0.2, 0) is 4.74 Å². The van der Waals surface area contributed by atoms with Crippen molar-refractivity contribution in [1.29, 1.82) is 0 Å². The van der Waals surface area contributed by atoms with E-state index in [1.165, 1.54) is 0 Å². The highest BCUT2D eigenvalue weighted by atomic mass is 16.5. The Balaban J connectivity index is 0. The fraction of sp³-hybridized carbons (Fsp3) is 0.444. The Morgan fingerprint density at radius 1 is 1.05 bits per heavy atom. The summed E-state index contributed by atoms with van der Waals surface area (Å²) in [6.45, 7) is 10.8. The third kappa shape index (κ3) is 12.7. The molecule has 2 nitrogen and oxygen atoms in total. The van der Waals surface area contributed by atoms with Gasteiger partial charge in [0.05, 0.1) is 12.9 Å². The zero-order valence-electron chi connectivity index (χ0n) is 13.9. The summed E-state index contributed by atoms with van der Waals surface area (Å²) in [6.07, 6.45) is 17.1. The zero-order chi connectivity index (χ0) is 15.6. The minimum absolute atomic E-state index is 0.817. The van der Waals surface area contributed by atoms with Crippen LogP contribution in [0.2, 0.25) is 0 Å². The van der Waals surface area contributed by atoms with Gasteiger partial charge in [0.15, 0.2) is 0 Å². The minimum Gasteiger partial charge on any atom is -0.501 e. The van der Waals surface area contributed by atoms with E-state index >= 15 is 0 Å². The van der Waals surface area contributed by atoms with Crippen LogP contribution < -0.4 is 5.32 Å². The van der Waals surface area contributed by atoms with Gasteiger partial charge in [-0.05, 0) is 32.9 Å². The molecule has 0 aromatic rings. The maximum absolute atomic E-state index is 5.26. The summed E-state index contributed by atoms with van der Waals surface area (Å²) in [6, 6.07) is 0. The van der Waals surface area contributed by atoms with Crippen molar-refractivity contribution in [2.75, 3.05) is 13.7 Å². The van der Waals surface area contributed by atoms with E-state index in [0.717, 1.165) is 24.4 Å². The molecule has 0 aliphatic carbocycles. The van der Waals surface area contributed by atoms with E-state index < -0.39 is 0 Å². The first-order valence-electron chi connectivity index (χ1n) is 7.32. The lowest BCUT2D eigenvalue weighted by molar-refractivity contribution is 0.285. The van der Waals surface area contributed by atoms with Gasteiger partial charge in [-0.2, -0.15) is 0 Å². The molecule has 0 atom stereocenters. The van der Waals surface area contributed by atoms with Gasteiger partial charge in [0.2, 0.25) is 0 Å². The number of nitrogens with one attached hydrogen (secondary N) is 1. The molecule has 0 saturated carbocycles. The van der Waals surface area contributed by atoms with Gasteiger partial charge in [-0.1, -0.05) is 50.3 Å². The molecule has 0 aliphatic rings. The molecule has 0 radical (unpaired) electrons. The molecule has 0 rings (SSSR count). The fourth-order valence-corrected chi connectivity index (χ4v) is 1.32. The smallest absolute Gasteiger partial charge is 0.0992 e. The van der Waals surface area contributed by atoms with Gasteiger partial charge in [0, 0.05) is 18.7 Å². The average molecular weight is 277 g/mol. The van der Waals surface area contributed by atoms with Crippen molar-refractivity contribution in [2.45, 2.75) is 41.0 Å². The molecule has 0 heterocycles. The van der Waals surface area contributed by atoms with Crippen LogP contribution in [0.1, 0.15) is 41.0 Å². The van der Waals surface area contributed by atoms with Crippen LogP contribution in [0.3, 0.4) is 0 Å². The van der Waals surface area contributed by atoms with Crippen molar-refractivity contribution >= 4 is 0 Å². The van der Waals surface area contributed by atoms with Crippen molar-refractivity contribution in [3.05, 3.63) is 60.1 Å². The Kier molecular flexibility index (Phi) is 17.8. The summed E-state index contributed by atoms with van der Waals surface area (Å²) in [5, 5.41) is 3.32. The highest BCUT2D eigenvalue weighted by Crippen LogP contribution is 2.03. The maximum atomic E-state index is 5.26. The summed E-state index contributed by atoms with van der Waals surface area (Å²) >= 11 is 0. The van der Waals surface area contributed by atoms with Gasteiger partial charge in [0.1, 0.15) is 0 Å². The van der Waals surface area contributed by atoms with Crippen LogP contribution in [0.25, 0.3) is 0 Å². The lowest BCUT2D eigenvalue weighted by atomic mass is 10.3. The van der Waals surface area contributed by atoms with Gasteiger partial charge in [-0.25, -0.2) is 0 Å². The fourth-order valence-electron chi connectivity index (χ4n) is 1.32. The summed E-state index contributed by atoms with van der Waals surface area (Å²) < 4.78 is 5.26. The highest BCUT2D eigenvalue weighted by molar-refractivity contribution is 5.16. The lowest BCUT2D eigenvalue weighted by Gasteiger charge is -2.03. The van der Waals surface area contributed by atoms with E-state index in [1.54, 1.807) is 7.11 Å². The SMILES string of the molecule is C/C=C\C=C(/C/C=C/CNC(/C=C\C)=C/C)OC.CC. The van der Waals surface area contributed by atoms with Gasteiger partial charge >= 0.3 is 0 Å². The molecule has 114 valence electrons. The first-order valence-corrected chi connectivity index (χ1v) is 7.32. The number of hydrogen-bond acceptors (Lipinski definition) is 2. The average Bonchev–Trinajstić information content (AvgIpc) is 2.50. The minimum atomic E-state index is 0.817. The van der Waals surface area contributed by atoms with Crippen LogP contribution in [0.15, 0.2) is 60.1 Å². The van der Waals surface area contributed by atoms with Crippen molar-refractivity contribution < 1.29 is 4.74 Å². The van der Waals surface area contributed by atoms with Crippen LogP contribution in [0.4, 0.5) is 0 Å². The Morgan fingerprint density at radius 2 is 1.75 bits per heavy atom. The number of rotatable bonds is 8. The highest BCUT2D eigenvalue weighted by Gasteiger charge is 1.90. The molecule has 0 aliphatic heterocycles. The van der Waals surface area contributed by atoms with Gasteiger partial charge in [0.25, 0.3) is 0 Å². The van der Waals surface area contributed by atoms with Crippen LogP contribution in [-0.4, -0.2) is 13.7 Å². The normalized spacial score (nSPS) is 12.9. The van der Waals surface area contributed by atoms with E-state index in [2.05, 4.69) is 29.6 Å². The third-order valence-corrected chi connectivity index (χ3v) is 2.30. The molecule has 0 fully saturated rings. The van der Waals surface area contributed by atoms with E-state index in [-0.39, 0.29) is 0 Å². The standard InChI is InChI=1S/C16H25NO.C2H6/c1-5-8-12-16(18-4)13-9-10-14-17-15(7-3)11-6-2;1-2/h5-12,17H,13-14H2,1-4H3;1-2H3/b8-5-,10-9+,11-6-,15-7+,16-12+;. The number of allylic oxidation sites excluding steroid dienone is 7. The second-order valence-electron chi connectivity index (χ2n) is 3.66. The topological polar surface area (TPSA) is 21.3 Å². The molecule has 1 N–H and O–H groups in total. The monoisotopic (exact) mass is 277 g/mol. The van der Waals surface area contributed by atoms with Gasteiger partial charge in [-0.3, -0.25) is 0 Å². The number of ether oxygens (including phenoxy) is 1. The largest absolute Gasteiger partial charge is 0.501 e. The summed E-state index contributed by atoms with van der Waals surface area (Å²) in [7, 11) is 1.70. The second-order valence-corrected chi connectivity index (χ2v) is 3.66. The molecular formula is C18H31NO. The van der Waals surface area contributed by atoms with E-state index in [4.69, 9.17) is 4.74 Å². The lowest BCUT2D eigenvalue weighted by Crippen LogP contribution is -2.10. The second kappa shape index (κ2) is 17.3. The molecule has 0 bridgehead atoms. The van der Waals surface area contributed by atoms with Gasteiger partial charge < -0.3 is 10.1 Å². The summed E-state index contributed by atoms with van der Waals surface area (Å²) in [5.74, 6) is 0.962. The van der Waals surface area contributed by atoms with E-state index in [0.29, 0.717) is 0 Å². The predicted octanol–water partition coefficient (Wildman–Crippen LogP) is 5.13. The van der Waals surface area contributed by atoms with Crippen molar-refractivity contribution in [1.82, 2.24) is 5.32 Å². The van der Waals surface area contributed by atoms with Crippen molar-refractivity contribution in [3.63, 3.8) is 0 Å². The van der Waals surface area contributed by atoms with Crippen molar-refractivity contribution in [3.8, 4) is 0 Å². The molecule has 20 heavy (non-hydrogen) atoms. The Bertz CT molecular complexity index is 346. The number of hydrogen-bond donors (Lipinski definition) is 1. The summed E-state index contributed by atoms with van der Waals surface area (Å²) in [4.78, 5) is 0. The van der Waals surface area contributed by atoms with Crippen LogP contribution in [0.5, 0.6) is 0 Å². The maximum Gasteiger partial charge on any atom is 0.0992 e. The Labute approximate surface area is 125 Å². The van der Waals surface area contributed by atoms with Crippen LogP contribution >= 0.6 is 0 Å². The molecular weight excluding hydrogens is 246 g/mol. The van der Waals surface area contributed by atoms with E-state index in [1.807, 2.05) is 58.9 Å². The predicted molar refractivity (Wildman–Crippen MR) is 91.6 cm³/mol. The molecule has 0 saturated heterocycles. The molecule has 2 heteroatoms. The molecule has 0 spiro atoms. The first-order chi connectivity index (χ1) is 9.78. The quantitative estimate of drug-likeness (QED) is 0.377. The Hall–Kier alpha value is -1.70. The third-order valence-electron chi connectivity index (χ3n) is 2.30. The Morgan fingerprint density at radius 3 is 2.25 bits per heavy atom.